The molecular formula is C53H86O21. The minimum Gasteiger partial charge on any atom is -0.432 e. The molecule has 0 amide bonds. The van der Waals surface area contributed by atoms with Crippen molar-refractivity contribution in [1.29, 1.82) is 0 Å². The smallest absolute Gasteiger partial charge is 0.315 e. The van der Waals surface area contributed by atoms with Crippen molar-refractivity contribution in [2.45, 2.75) is 242 Å². The van der Waals surface area contributed by atoms with E-state index in [1.165, 1.54) is 12.5 Å². The van der Waals surface area contributed by atoms with Crippen molar-refractivity contribution in [2.75, 3.05) is 19.8 Å². The maximum Gasteiger partial charge on any atom is 0.315 e. The maximum atomic E-state index is 15.1. The molecule has 8 fully saturated rings. The van der Waals surface area contributed by atoms with E-state index in [1.807, 2.05) is 0 Å². The summed E-state index contributed by atoms with van der Waals surface area (Å²) in [6.07, 6.45) is -19.2. The Bertz CT molecular complexity index is 2040. The Morgan fingerprint density at radius 1 is 0.635 bits per heavy atom. The molecule has 27 atom stereocenters. The highest BCUT2D eigenvalue weighted by atomic mass is 16.8. The van der Waals surface area contributed by atoms with Crippen molar-refractivity contribution in [2.24, 2.45) is 50.2 Å². The Hall–Kier alpha value is -1.55. The average Bonchev–Trinajstić information content (AvgIpc) is 3.35. The van der Waals surface area contributed by atoms with Crippen LogP contribution in [-0.2, 0) is 42.7 Å². The first kappa shape index (κ1) is 57.1. The van der Waals surface area contributed by atoms with Gasteiger partial charge in [-0.05, 0) is 116 Å². The molecule has 5 aliphatic carbocycles. The summed E-state index contributed by atoms with van der Waals surface area (Å²) in [5.74, 6) is -0.319. The minimum absolute atomic E-state index is 0.114. The normalized spacial score (nSPS) is 54.1. The van der Waals surface area contributed by atoms with Crippen molar-refractivity contribution in [3.8, 4) is 0 Å². The standard InChI is InChI=1S/C53H86O21/c1-23-32(56)36(60)40(64)44(69-23)73-42-33(57)26(55)21-67-46(42)72-31-12-13-50(6)29(49(31,4)5)11-14-52(8)30(50)10-9-24-25-19-48(2,3)15-17-53(25,18-16-51(24,52)7)47(66)74-45-41(65)38(62)35(59)28(71-45)22-68-43-39(63)37(61)34(58)27(20-54)70-43/h9,23,25-46,54-65H,10-22H2,1-8H3/t23-,25-,26+,27+,28+,29-,30+,31-,32-,33+,34+,35+,36+,37-,38-,39+,40+,41+,42-,43+,44-,45-,46+,50-,51+,52+,53-/m0/s1. The molecule has 0 aromatic carbocycles. The summed E-state index contributed by atoms with van der Waals surface area (Å²) in [4.78, 5) is 15.1. The fourth-order valence-corrected chi connectivity index (χ4v) is 16.1. The molecule has 4 saturated heterocycles. The van der Waals surface area contributed by atoms with Gasteiger partial charge in [0, 0.05) is 0 Å². The highest BCUT2D eigenvalue weighted by molar-refractivity contribution is 5.79. The lowest BCUT2D eigenvalue weighted by Gasteiger charge is -2.71. The SMILES string of the molecule is C[C@@H]1O[C@@H](O[C@@H]2[C@@H](O[C@H]3CC[C@]4(C)[C@H]5CC=C6[C@@H]7CC(C)(C)CC[C@]7(C(=O)O[C@@H]7O[C@H](CO[C@@H]8O[C@H](CO)[C@@H](O)[C@H](O)[C@H]8O)[C@@H](O)[C@H](O)[C@H]7O)CC[C@@]6(C)[C@]5(C)CC[C@H]4C3(C)C)OC[C@@H](O)[C@H]2O)[C@H](O)[C@H](O)[C@H]1O. The van der Waals surface area contributed by atoms with Crippen LogP contribution < -0.4 is 0 Å². The van der Waals surface area contributed by atoms with Crippen LogP contribution in [0.4, 0.5) is 0 Å². The van der Waals surface area contributed by atoms with Crippen molar-refractivity contribution in [3.63, 3.8) is 0 Å². The largest absolute Gasteiger partial charge is 0.432 e. The molecule has 424 valence electrons. The maximum absolute atomic E-state index is 15.1. The molecule has 21 heteroatoms. The Morgan fingerprint density at radius 2 is 1.26 bits per heavy atom. The molecule has 0 radical (unpaired) electrons. The van der Waals surface area contributed by atoms with E-state index in [-0.39, 0.29) is 52.1 Å². The monoisotopic (exact) mass is 1060 g/mol. The lowest BCUT2D eigenvalue weighted by molar-refractivity contribution is -0.364. The lowest BCUT2D eigenvalue weighted by Crippen LogP contribution is -2.66. The molecule has 21 nitrogen and oxygen atoms in total. The Balaban J connectivity index is 0.920. The van der Waals surface area contributed by atoms with Gasteiger partial charge >= 0.3 is 5.97 Å². The van der Waals surface area contributed by atoms with E-state index in [1.54, 1.807) is 0 Å². The molecule has 0 spiro atoms. The first-order chi connectivity index (χ1) is 34.6. The summed E-state index contributed by atoms with van der Waals surface area (Å²) >= 11 is 0. The van der Waals surface area contributed by atoms with Crippen LogP contribution in [0.2, 0.25) is 0 Å². The summed E-state index contributed by atoms with van der Waals surface area (Å²) in [5.41, 5.74) is -0.885. The zero-order chi connectivity index (χ0) is 54.0. The Labute approximate surface area is 433 Å². The van der Waals surface area contributed by atoms with Crippen molar-refractivity contribution in [3.05, 3.63) is 11.6 Å². The Morgan fingerprint density at radius 3 is 1.95 bits per heavy atom. The predicted octanol–water partition coefficient (Wildman–Crippen LogP) is -0.369. The van der Waals surface area contributed by atoms with E-state index in [9.17, 15) is 61.3 Å². The minimum atomic E-state index is -1.82. The van der Waals surface area contributed by atoms with Crippen LogP contribution in [0.15, 0.2) is 11.6 Å². The van der Waals surface area contributed by atoms with E-state index in [0.717, 1.165) is 32.1 Å². The second-order valence-electron chi connectivity index (χ2n) is 25.8. The van der Waals surface area contributed by atoms with Gasteiger partial charge in [0.05, 0.1) is 37.4 Å². The van der Waals surface area contributed by atoms with Crippen LogP contribution in [-0.4, -0.2) is 210 Å². The number of carbonyl (C=O) groups is 1. The second kappa shape index (κ2) is 20.5. The lowest BCUT2D eigenvalue weighted by atomic mass is 9.33. The van der Waals surface area contributed by atoms with Gasteiger partial charge in [-0.3, -0.25) is 4.79 Å². The summed E-state index contributed by atoms with van der Waals surface area (Å²) in [7, 11) is 0. The van der Waals surface area contributed by atoms with Gasteiger partial charge in [0.1, 0.15) is 85.5 Å². The number of allylic oxidation sites excluding steroid dienone is 2. The third-order valence-corrected chi connectivity index (χ3v) is 21.0. The van der Waals surface area contributed by atoms with Gasteiger partial charge in [-0.25, -0.2) is 0 Å². The molecule has 4 saturated carbocycles. The van der Waals surface area contributed by atoms with Gasteiger partial charge in [0.2, 0.25) is 6.29 Å². The number of hydrogen-bond donors (Lipinski definition) is 12. The van der Waals surface area contributed by atoms with Gasteiger partial charge in [0.25, 0.3) is 0 Å². The molecule has 74 heavy (non-hydrogen) atoms. The number of aliphatic hydroxyl groups excluding tert-OH is 12. The third kappa shape index (κ3) is 9.27. The van der Waals surface area contributed by atoms with Gasteiger partial charge in [-0.1, -0.05) is 60.1 Å². The summed E-state index contributed by atoms with van der Waals surface area (Å²) in [6, 6.07) is 0. The van der Waals surface area contributed by atoms with Crippen LogP contribution in [0, 0.1) is 50.2 Å². The van der Waals surface area contributed by atoms with E-state index < -0.39 is 147 Å². The molecular weight excluding hydrogens is 973 g/mol. The molecule has 0 unspecified atom stereocenters. The van der Waals surface area contributed by atoms with Gasteiger partial charge in [-0.2, -0.15) is 0 Å². The van der Waals surface area contributed by atoms with Gasteiger partial charge in [0.15, 0.2) is 18.9 Å². The number of aliphatic hydroxyl groups is 12. The number of rotatable bonds is 10. The topological polar surface area (TPSA) is 334 Å². The zero-order valence-corrected chi connectivity index (χ0v) is 44.1. The first-order valence-electron chi connectivity index (χ1n) is 27.1. The number of carbonyl (C=O) groups excluding carboxylic acids is 1. The molecule has 12 N–H and O–H groups in total. The highest BCUT2D eigenvalue weighted by Crippen LogP contribution is 2.76. The number of fused-ring (bicyclic) bond motifs is 7. The fraction of sp³-hybridized carbons (Fsp3) is 0.943. The molecule has 9 rings (SSSR count). The van der Waals surface area contributed by atoms with Crippen LogP contribution in [0.5, 0.6) is 0 Å². The fourth-order valence-electron chi connectivity index (χ4n) is 16.1. The molecule has 9 aliphatic rings. The van der Waals surface area contributed by atoms with Crippen molar-refractivity contribution >= 4 is 5.97 Å². The number of esters is 1. The highest BCUT2D eigenvalue weighted by Gasteiger charge is 2.70. The van der Waals surface area contributed by atoms with E-state index in [0.29, 0.717) is 32.1 Å². The van der Waals surface area contributed by atoms with Crippen molar-refractivity contribution in [1.82, 2.24) is 0 Å². The van der Waals surface area contributed by atoms with E-state index >= 15 is 4.79 Å². The quantitative estimate of drug-likeness (QED) is 0.0755. The van der Waals surface area contributed by atoms with Crippen LogP contribution in [0.1, 0.15) is 120 Å². The molecule has 0 aromatic rings. The summed E-state index contributed by atoms with van der Waals surface area (Å²) in [6.45, 7) is 16.2. The summed E-state index contributed by atoms with van der Waals surface area (Å²) < 4.78 is 47.8. The number of hydrogen-bond acceptors (Lipinski definition) is 21. The summed E-state index contributed by atoms with van der Waals surface area (Å²) in [5, 5.41) is 127. The molecule has 4 heterocycles. The van der Waals surface area contributed by atoms with E-state index in [4.69, 9.17) is 37.9 Å². The zero-order valence-electron chi connectivity index (χ0n) is 44.1. The number of ether oxygens (including phenoxy) is 8. The predicted molar refractivity (Wildman–Crippen MR) is 255 cm³/mol. The van der Waals surface area contributed by atoms with Gasteiger partial charge in [-0.15, -0.1) is 0 Å². The van der Waals surface area contributed by atoms with Crippen molar-refractivity contribution < 1.29 is 104 Å². The Kier molecular flexibility index (Phi) is 15.8. The van der Waals surface area contributed by atoms with Gasteiger partial charge < -0.3 is 99.2 Å². The van der Waals surface area contributed by atoms with E-state index in [2.05, 4.69) is 54.5 Å². The molecule has 0 aromatic heterocycles. The molecule has 0 bridgehead atoms. The van der Waals surface area contributed by atoms with Crippen LogP contribution in [0.3, 0.4) is 0 Å². The third-order valence-electron chi connectivity index (χ3n) is 21.0. The van der Waals surface area contributed by atoms with Crippen LogP contribution in [0.25, 0.3) is 0 Å². The van der Waals surface area contributed by atoms with Crippen LogP contribution >= 0.6 is 0 Å². The molecule has 4 aliphatic heterocycles. The second-order valence-corrected chi connectivity index (χ2v) is 25.8. The first-order valence-corrected chi connectivity index (χ1v) is 27.1. The average molecular weight is 1060 g/mol.